The maximum absolute atomic E-state index is 13.3. The van der Waals surface area contributed by atoms with E-state index in [1.807, 2.05) is 0 Å². The second-order valence-corrected chi connectivity index (χ2v) is 9.38. The highest BCUT2D eigenvalue weighted by Crippen LogP contribution is 2.29. The van der Waals surface area contributed by atoms with Crippen molar-refractivity contribution in [3.8, 4) is 5.75 Å². The lowest BCUT2D eigenvalue weighted by atomic mass is 10.1. The molecule has 3 aromatic rings. The minimum Gasteiger partial charge on any atom is -0.497 e. The monoisotopic (exact) mass is 525 g/mol. The molecule has 7 nitrogen and oxygen atoms in total. The van der Waals surface area contributed by atoms with E-state index in [1.165, 1.54) is 67.8 Å². The topological polar surface area (TPSA) is 88.1 Å². The molecular weight excluding hydrogens is 507 g/mol. The Morgan fingerprint density at radius 2 is 1.74 bits per heavy atom. The number of sulfonamides is 1. The van der Waals surface area contributed by atoms with Gasteiger partial charge in [-0.2, -0.15) is 18.3 Å². The lowest BCUT2D eigenvalue weighted by molar-refractivity contribution is -0.137. The number of carbonyl (C=O) groups is 1. The number of methoxy groups -OCH3 is 1. The number of ether oxygens (including phenoxy) is 1. The molecule has 0 bridgehead atoms. The van der Waals surface area contributed by atoms with Crippen molar-refractivity contribution in [2.24, 2.45) is 5.10 Å². The highest BCUT2D eigenvalue weighted by atomic mass is 35.5. The average Bonchev–Trinajstić information content (AvgIpc) is 2.83. The van der Waals surface area contributed by atoms with Gasteiger partial charge in [0.1, 0.15) is 12.3 Å². The number of carbonyl (C=O) groups excluding carboxylic acids is 1. The molecule has 0 spiro atoms. The van der Waals surface area contributed by atoms with Crippen molar-refractivity contribution in [2.75, 3.05) is 18.0 Å². The Morgan fingerprint density at radius 1 is 1.09 bits per heavy atom. The van der Waals surface area contributed by atoms with E-state index in [4.69, 9.17) is 16.3 Å². The standard InChI is InChI=1S/C23H19ClF3N3O4S/c1-34-20-9-11-21(12-10-20)35(32,33)30(19-7-5-18(24)6-8-19)15-22(31)29-28-14-16-3-2-4-17(13-16)23(25,26)27/h2-14H,15H2,1H3,(H,29,31)/b28-14+. The summed E-state index contributed by atoms with van der Waals surface area (Å²) >= 11 is 5.90. The molecule has 1 N–H and O–H groups in total. The lowest BCUT2D eigenvalue weighted by Gasteiger charge is -2.23. The van der Waals surface area contributed by atoms with Gasteiger partial charge in [-0.1, -0.05) is 23.7 Å². The van der Waals surface area contributed by atoms with Gasteiger partial charge in [0, 0.05) is 5.02 Å². The SMILES string of the molecule is COc1ccc(S(=O)(=O)N(CC(=O)N/N=C/c2cccc(C(F)(F)F)c2)c2ccc(Cl)cc2)cc1. The van der Waals surface area contributed by atoms with Gasteiger partial charge in [-0.25, -0.2) is 13.8 Å². The molecule has 12 heteroatoms. The van der Waals surface area contributed by atoms with E-state index in [1.54, 1.807) is 0 Å². The van der Waals surface area contributed by atoms with E-state index in [2.05, 4.69) is 10.5 Å². The maximum atomic E-state index is 13.3. The minimum atomic E-state index is -4.53. The molecule has 0 heterocycles. The predicted octanol–water partition coefficient (Wildman–Crippen LogP) is 4.71. The largest absolute Gasteiger partial charge is 0.497 e. The first kappa shape index (κ1) is 26.0. The number of alkyl halides is 3. The Morgan fingerprint density at radius 3 is 2.34 bits per heavy atom. The number of anilines is 1. The summed E-state index contributed by atoms with van der Waals surface area (Å²) in [4.78, 5) is 12.4. The third kappa shape index (κ3) is 6.74. The van der Waals surface area contributed by atoms with Crippen molar-refractivity contribution >= 4 is 39.4 Å². The molecule has 0 atom stereocenters. The summed E-state index contributed by atoms with van der Waals surface area (Å²) in [5, 5.41) is 4.02. The highest BCUT2D eigenvalue weighted by molar-refractivity contribution is 7.92. The van der Waals surface area contributed by atoms with Crippen molar-refractivity contribution in [3.63, 3.8) is 0 Å². The average molecular weight is 526 g/mol. The maximum Gasteiger partial charge on any atom is 0.416 e. The zero-order chi connectivity index (χ0) is 25.6. The van der Waals surface area contributed by atoms with Crippen molar-refractivity contribution in [2.45, 2.75) is 11.1 Å². The van der Waals surface area contributed by atoms with Crippen LogP contribution in [0.1, 0.15) is 11.1 Å². The fourth-order valence-electron chi connectivity index (χ4n) is 2.94. The van der Waals surface area contributed by atoms with Crippen LogP contribution in [0.4, 0.5) is 18.9 Å². The number of halogens is 4. The van der Waals surface area contributed by atoms with E-state index < -0.39 is 34.2 Å². The predicted molar refractivity (Wildman–Crippen MR) is 126 cm³/mol. The van der Waals surface area contributed by atoms with Crippen molar-refractivity contribution in [3.05, 3.63) is 88.9 Å². The quantitative estimate of drug-likeness (QED) is 0.341. The molecule has 35 heavy (non-hydrogen) atoms. The zero-order valence-corrected chi connectivity index (χ0v) is 19.7. The van der Waals surface area contributed by atoms with Crippen LogP contribution in [-0.2, 0) is 21.0 Å². The molecule has 0 fully saturated rings. The lowest BCUT2D eigenvalue weighted by Crippen LogP contribution is -2.39. The summed E-state index contributed by atoms with van der Waals surface area (Å²) in [5.41, 5.74) is 1.54. The van der Waals surface area contributed by atoms with Gasteiger partial charge in [0.2, 0.25) is 0 Å². The van der Waals surface area contributed by atoms with Gasteiger partial charge in [0.25, 0.3) is 15.9 Å². The summed E-state index contributed by atoms with van der Waals surface area (Å²) < 4.78 is 71.1. The molecule has 3 aromatic carbocycles. The van der Waals surface area contributed by atoms with Gasteiger partial charge in [-0.05, 0) is 66.2 Å². The molecule has 0 saturated heterocycles. The van der Waals surface area contributed by atoms with Crippen LogP contribution in [0.2, 0.25) is 5.02 Å². The van der Waals surface area contributed by atoms with E-state index in [-0.39, 0.29) is 16.1 Å². The molecule has 0 aromatic heterocycles. The van der Waals surface area contributed by atoms with E-state index in [0.29, 0.717) is 10.8 Å². The molecule has 1 amide bonds. The minimum absolute atomic E-state index is 0.0893. The number of amides is 1. The van der Waals surface area contributed by atoms with Gasteiger partial charge in [-0.3, -0.25) is 9.10 Å². The summed E-state index contributed by atoms with van der Waals surface area (Å²) in [6.07, 6.45) is -3.50. The number of hydrazone groups is 1. The number of hydrogen-bond donors (Lipinski definition) is 1. The number of nitrogens with zero attached hydrogens (tertiary/aromatic N) is 2. The molecule has 0 aliphatic rings. The van der Waals surface area contributed by atoms with Crippen LogP contribution in [-0.4, -0.2) is 34.2 Å². The van der Waals surface area contributed by atoms with Crippen molar-refractivity contribution in [1.29, 1.82) is 0 Å². The molecule has 0 unspecified atom stereocenters. The summed E-state index contributed by atoms with van der Waals surface area (Å²) in [6.45, 7) is -0.657. The van der Waals surface area contributed by atoms with Crippen LogP contribution in [0, 0.1) is 0 Å². The van der Waals surface area contributed by atoms with Crippen LogP contribution in [0.15, 0.2) is 82.8 Å². The van der Waals surface area contributed by atoms with Gasteiger partial charge < -0.3 is 4.74 Å². The van der Waals surface area contributed by atoms with Crippen LogP contribution >= 0.6 is 11.6 Å². The van der Waals surface area contributed by atoms with Crippen molar-refractivity contribution in [1.82, 2.24) is 5.43 Å². The third-order valence-electron chi connectivity index (χ3n) is 4.67. The fourth-order valence-corrected chi connectivity index (χ4v) is 4.48. The zero-order valence-electron chi connectivity index (χ0n) is 18.2. The first-order chi connectivity index (χ1) is 16.5. The van der Waals surface area contributed by atoms with Crippen LogP contribution in [0.3, 0.4) is 0 Å². The van der Waals surface area contributed by atoms with E-state index in [9.17, 15) is 26.4 Å². The number of nitrogens with one attached hydrogen (secondary N) is 1. The molecule has 184 valence electrons. The Hall–Kier alpha value is -3.57. The first-order valence-electron chi connectivity index (χ1n) is 9.92. The third-order valence-corrected chi connectivity index (χ3v) is 6.71. The van der Waals surface area contributed by atoms with Gasteiger partial charge in [0.15, 0.2) is 0 Å². The Kier molecular flexibility index (Phi) is 8.03. The van der Waals surface area contributed by atoms with Gasteiger partial charge in [-0.15, -0.1) is 0 Å². The van der Waals surface area contributed by atoms with Crippen molar-refractivity contribution < 1.29 is 31.1 Å². The van der Waals surface area contributed by atoms with Crippen LogP contribution in [0.25, 0.3) is 0 Å². The second-order valence-electron chi connectivity index (χ2n) is 7.08. The highest BCUT2D eigenvalue weighted by Gasteiger charge is 2.30. The molecule has 0 radical (unpaired) electrons. The van der Waals surface area contributed by atoms with E-state index >= 15 is 0 Å². The Balaban J connectivity index is 1.82. The Labute approximate surface area is 204 Å². The molecular formula is C23H19ClF3N3O4S. The number of hydrogen-bond acceptors (Lipinski definition) is 5. The first-order valence-corrected chi connectivity index (χ1v) is 11.7. The van der Waals surface area contributed by atoms with E-state index in [0.717, 1.165) is 22.7 Å². The summed E-state index contributed by atoms with van der Waals surface area (Å²) in [7, 11) is -2.75. The molecule has 0 aliphatic carbocycles. The molecule has 3 rings (SSSR count). The fraction of sp³-hybridized carbons (Fsp3) is 0.130. The normalized spacial score (nSPS) is 11.9. The second kappa shape index (κ2) is 10.8. The number of rotatable bonds is 8. The Bertz CT molecular complexity index is 1310. The number of benzene rings is 3. The van der Waals surface area contributed by atoms with Crippen LogP contribution in [0.5, 0.6) is 5.75 Å². The van der Waals surface area contributed by atoms with Gasteiger partial charge >= 0.3 is 6.18 Å². The summed E-state index contributed by atoms with van der Waals surface area (Å²) in [5.74, 6) is -0.371. The summed E-state index contributed by atoms with van der Waals surface area (Å²) in [6, 6.07) is 15.8. The molecule has 0 saturated carbocycles. The van der Waals surface area contributed by atoms with Gasteiger partial charge in [0.05, 0.1) is 29.5 Å². The molecule has 0 aliphatic heterocycles. The smallest absolute Gasteiger partial charge is 0.416 e. The van der Waals surface area contributed by atoms with Crippen LogP contribution < -0.4 is 14.5 Å².